The van der Waals surface area contributed by atoms with Crippen molar-refractivity contribution in [3.05, 3.63) is 336 Å². The van der Waals surface area contributed by atoms with Gasteiger partial charge < -0.3 is 8.83 Å². The average molecular weight is 1150 g/mol. The van der Waals surface area contributed by atoms with Crippen LogP contribution in [0.3, 0.4) is 0 Å². The van der Waals surface area contributed by atoms with Crippen molar-refractivity contribution >= 4 is 33.2 Å². The molecule has 6 nitrogen and oxygen atoms in total. The highest BCUT2D eigenvalue weighted by Gasteiger charge is 2.54. The summed E-state index contributed by atoms with van der Waals surface area (Å²) in [6, 6.07) is 106. The zero-order valence-electron chi connectivity index (χ0n) is 48.3. The predicted molar refractivity (Wildman–Crippen MR) is 360 cm³/mol. The van der Waals surface area contributed by atoms with Gasteiger partial charge in [0.05, 0.1) is 33.3 Å². The zero-order valence-corrected chi connectivity index (χ0v) is 48.3. The summed E-state index contributed by atoms with van der Waals surface area (Å²) in [5, 5.41) is 0. The van der Waals surface area contributed by atoms with E-state index in [0.717, 1.165) is 89.1 Å². The number of hydrogen-bond donors (Lipinski definition) is 0. The van der Waals surface area contributed by atoms with Crippen molar-refractivity contribution in [2.75, 3.05) is 0 Å². The van der Waals surface area contributed by atoms with E-state index < -0.39 is 10.8 Å². The number of benzene rings is 13. The second-order valence-electron chi connectivity index (χ2n) is 24.3. The first-order valence-electron chi connectivity index (χ1n) is 30.7. The molecule has 20 rings (SSSR count). The van der Waals surface area contributed by atoms with E-state index in [1.165, 1.54) is 89.0 Å². The van der Waals surface area contributed by atoms with E-state index in [-0.39, 0.29) is 0 Å². The van der Waals surface area contributed by atoms with Crippen LogP contribution in [0.5, 0.6) is 0 Å². The van der Waals surface area contributed by atoms with Gasteiger partial charge in [-0.05, 0) is 196 Å². The third-order valence-electron chi connectivity index (χ3n) is 19.8. The highest BCUT2D eigenvalue weighted by molar-refractivity contribution is 6.00. The Balaban J connectivity index is 0.755. The molecule has 4 aliphatic carbocycles. The number of aromatic nitrogens is 4. The summed E-state index contributed by atoms with van der Waals surface area (Å²) in [5.74, 6) is 1.23. The third-order valence-corrected chi connectivity index (χ3v) is 19.8. The lowest BCUT2D eigenvalue weighted by atomic mass is 9.69. The summed E-state index contributed by atoms with van der Waals surface area (Å²) < 4.78 is 12.4. The average Bonchev–Trinajstić information content (AvgIpc) is 1.52. The molecule has 0 N–H and O–H groups in total. The Labute approximate surface area is 517 Å². The minimum Gasteiger partial charge on any atom is -0.436 e. The Morgan fingerprint density at radius 3 is 0.822 bits per heavy atom. The Morgan fingerprint density at radius 1 is 0.200 bits per heavy atom. The van der Waals surface area contributed by atoms with Crippen molar-refractivity contribution in [2.24, 2.45) is 0 Å². The fraction of sp³-hybridized carbons (Fsp3) is 0.0238. The molecule has 0 fully saturated rings. The zero-order chi connectivity index (χ0) is 58.8. The number of oxazole rings is 2. The lowest BCUT2D eigenvalue weighted by Gasteiger charge is -2.31. The van der Waals surface area contributed by atoms with E-state index in [9.17, 15) is 0 Å². The van der Waals surface area contributed by atoms with Crippen LogP contribution in [-0.4, -0.2) is 19.9 Å². The minimum absolute atomic E-state index is 0.614. The van der Waals surface area contributed by atoms with Crippen molar-refractivity contribution in [3.63, 3.8) is 0 Å². The van der Waals surface area contributed by atoms with Crippen LogP contribution >= 0.6 is 0 Å². The molecule has 0 atom stereocenters. The lowest BCUT2D eigenvalue weighted by Crippen LogP contribution is -2.26. The molecule has 0 saturated carbocycles. The van der Waals surface area contributed by atoms with Crippen LogP contribution in [0.1, 0.15) is 44.5 Å². The van der Waals surface area contributed by atoms with Crippen molar-refractivity contribution in [2.45, 2.75) is 10.8 Å². The molecule has 90 heavy (non-hydrogen) atoms. The van der Waals surface area contributed by atoms with E-state index in [1.807, 2.05) is 48.5 Å². The highest BCUT2D eigenvalue weighted by atomic mass is 16.4. The molecular formula is C84H48N4O2. The maximum atomic E-state index is 6.21. The monoisotopic (exact) mass is 1140 g/mol. The summed E-state index contributed by atoms with van der Waals surface area (Å²) in [6.07, 6.45) is 0. The maximum Gasteiger partial charge on any atom is 0.227 e. The summed E-state index contributed by atoms with van der Waals surface area (Å²) in [5.41, 5.74) is 33.7. The quantitative estimate of drug-likeness (QED) is 0.165. The third kappa shape index (κ3) is 6.71. The van der Waals surface area contributed by atoms with Crippen LogP contribution in [-0.2, 0) is 10.8 Å². The predicted octanol–water partition coefficient (Wildman–Crippen LogP) is 20.6. The van der Waals surface area contributed by atoms with Gasteiger partial charge in [0.25, 0.3) is 0 Å². The van der Waals surface area contributed by atoms with Crippen LogP contribution in [0, 0.1) is 0 Å². The van der Waals surface area contributed by atoms with Crippen LogP contribution < -0.4 is 0 Å². The molecule has 13 aromatic carbocycles. The molecule has 2 spiro atoms. The Kier molecular flexibility index (Phi) is 10.0. The molecule has 0 unspecified atom stereocenters. The van der Waals surface area contributed by atoms with Crippen LogP contribution in [0.4, 0.5) is 0 Å². The number of nitrogens with zero attached hydrogens (tertiary/aromatic N) is 4. The van der Waals surface area contributed by atoms with Crippen molar-refractivity contribution in [1.29, 1.82) is 0 Å². The second-order valence-corrected chi connectivity index (χ2v) is 24.3. The number of para-hydroxylation sites is 6. The van der Waals surface area contributed by atoms with E-state index in [4.69, 9.17) is 28.8 Å². The van der Waals surface area contributed by atoms with E-state index >= 15 is 0 Å². The molecule has 4 aliphatic rings. The van der Waals surface area contributed by atoms with Gasteiger partial charge in [-0.25, -0.2) is 19.9 Å². The number of rotatable bonds is 6. The van der Waals surface area contributed by atoms with Gasteiger partial charge >= 0.3 is 0 Å². The molecule has 0 amide bonds. The largest absolute Gasteiger partial charge is 0.436 e. The lowest BCUT2D eigenvalue weighted by molar-refractivity contribution is 0.619. The summed E-state index contributed by atoms with van der Waals surface area (Å²) in [4.78, 5) is 21.0. The van der Waals surface area contributed by atoms with E-state index in [1.54, 1.807) is 0 Å². The summed E-state index contributed by atoms with van der Waals surface area (Å²) >= 11 is 0. The fourth-order valence-corrected chi connectivity index (χ4v) is 15.9. The Hall–Kier alpha value is -11.9. The highest BCUT2D eigenvalue weighted by Crippen LogP contribution is 2.66. The Bertz CT molecular complexity index is 5240. The first-order valence-corrected chi connectivity index (χ1v) is 30.7. The van der Waals surface area contributed by atoms with Crippen molar-refractivity contribution in [1.82, 2.24) is 19.9 Å². The van der Waals surface area contributed by atoms with Gasteiger partial charge in [0, 0.05) is 22.3 Å². The molecule has 3 heterocycles. The molecule has 16 aromatic rings. The first kappa shape index (κ1) is 49.3. The fourth-order valence-electron chi connectivity index (χ4n) is 15.9. The molecule has 0 bridgehead atoms. The smallest absolute Gasteiger partial charge is 0.227 e. The molecule has 0 saturated heterocycles. The topological polar surface area (TPSA) is 77.8 Å². The molecule has 6 heteroatoms. The SMILES string of the molecule is c1ccc2c(c1)-c1ccccc1C21c2cc(-c3ccc(-c4nc5ccccc5o4)cc3)ccc2-c2ccc(-c3nc4ccccc4nc3-c3ccc4c(c3)C3(c5ccccc5-c5ccccc53)c3cc(-c5ccc(-c6nc7ccccc7o6)cc5)ccc3-4)cc21. The van der Waals surface area contributed by atoms with Gasteiger partial charge in [-0.3, -0.25) is 0 Å². The van der Waals surface area contributed by atoms with Crippen LogP contribution in [0.15, 0.2) is 300 Å². The van der Waals surface area contributed by atoms with Gasteiger partial charge in [0.2, 0.25) is 11.8 Å². The van der Waals surface area contributed by atoms with Gasteiger partial charge in [0.1, 0.15) is 11.0 Å². The van der Waals surface area contributed by atoms with E-state index in [0.29, 0.717) is 11.8 Å². The minimum atomic E-state index is -0.631. The van der Waals surface area contributed by atoms with Gasteiger partial charge in [0.15, 0.2) is 11.2 Å². The Morgan fingerprint density at radius 2 is 0.467 bits per heavy atom. The first-order chi connectivity index (χ1) is 44.6. The summed E-state index contributed by atoms with van der Waals surface area (Å²) in [6.45, 7) is 0. The number of fused-ring (bicyclic) bond motifs is 23. The van der Waals surface area contributed by atoms with Gasteiger partial charge in [-0.15, -0.1) is 0 Å². The van der Waals surface area contributed by atoms with Crippen LogP contribution in [0.2, 0.25) is 0 Å². The van der Waals surface area contributed by atoms with E-state index in [2.05, 4.69) is 243 Å². The normalized spacial score (nSPS) is 13.7. The maximum absolute atomic E-state index is 6.21. The number of hydrogen-bond acceptors (Lipinski definition) is 6. The molecular weight excluding hydrogens is 1100 g/mol. The van der Waals surface area contributed by atoms with Crippen molar-refractivity contribution in [3.8, 4) is 112 Å². The molecule has 3 aromatic heterocycles. The second kappa shape index (κ2) is 18.3. The van der Waals surface area contributed by atoms with Gasteiger partial charge in [-0.2, -0.15) is 0 Å². The molecule has 416 valence electrons. The van der Waals surface area contributed by atoms with Crippen molar-refractivity contribution < 1.29 is 8.83 Å². The molecule has 0 aliphatic heterocycles. The standard InChI is InChI=1S/C84H48N4O2/c1-5-19-65-57(15-1)58-16-2-6-20-66(58)83(65)69-45-53(49-29-33-51(34-30-49)81-87-75-25-11-13-27-77(75)89-81)37-41-61(69)63-43-39-55(47-71(63)83)79-80(86-74-24-10-9-23-73(74)85-79)56-40-44-64-62-42-38-54(50-31-35-52(36-32-50)82-88-76-26-12-14-28-78(76)90-82)46-70(62)84(72(64)48-56)67-21-7-3-17-59(67)60-18-4-8-22-68(60)84/h1-48H. The molecule has 0 radical (unpaired) electrons. The van der Waals surface area contributed by atoms with Gasteiger partial charge in [-0.1, -0.05) is 206 Å². The summed E-state index contributed by atoms with van der Waals surface area (Å²) in [7, 11) is 0. The van der Waals surface area contributed by atoms with Crippen LogP contribution in [0.25, 0.3) is 145 Å².